The van der Waals surface area contributed by atoms with Crippen LogP contribution in [0.25, 0.3) is 5.57 Å². The molecule has 0 bridgehead atoms. The van der Waals surface area contributed by atoms with Crippen molar-refractivity contribution >= 4 is 17.3 Å². The molecule has 2 aromatic rings. The van der Waals surface area contributed by atoms with Crippen molar-refractivity contribution in [2.24, 2.45) is 0 Å². The highest BCUT2D eigenvalue weighted by Gasteiger charge is 2.13. The molecule has 0 saturated carbocycles. The van der Waals surface area contributed by atoms with E-state index in [4.69, 9.17) is 0 Å². The maximum absolute atomic E-state index is 4.13. The van der Waals surface area contributed by atoms with E-state index in [0.29, 0.717) is 0 Å². The van der Waals surface area contributed by atoms with Crippen LogP contribution in [-0.2, 0) is 0 Å². The van der Waals surface area contributed by atoms with Gasteiger partial charge in [0.15, 0.2) is 0 Å². The third-order valence-corrected chi connectivity index (χ3v) is 4.66. The fraction of sp³-hybridized carbons (Fsp3) is 0.375. The van der Waals surface area contributed by atoms with Crippen molar-refractivity contribution in [2.75, 3.05) is 25.4 Å². The third-order valence-electron chi connectivity index (χ3n) is 3.82. The second-order valence-corrected chi connectivity index (χ2v) is 6.29. The Morgan fingerprint density at radius 2 is 2.24 bits per heavy atom. The lowest BCUT2D eigenvalue weighted by molar-refractivity contribution is 0.321. The van der Waals surface area contributed by atoms with Gasteiger partial charge in [-0.05, 0) is 30.0 Å². The summed E-state index contributed by atoms with van der Waals surface area (Å²) in [7, 11) is 0. The predicted molar refractivity (Wildman–Crippen MR) is 87.3 cm³/mol. The number of nitrogens with zero attached hydrogens (tertiary/aromatic N) is 3. The van der Waals surface area contributed by atoms with Crippen molar-refractivity contribution in [2.45, 2.75) is 18.5 Å². The fourth-order valence-corrected chi connectivity index (χ4v) is 3.40. The van der Waals surface area contributed by atoms with E-state index >= 15 is 0 Å². The van der Waals surface area contributed by atoms with Crippen LogP contribution in [0.15, 0.2) is 41.8 Å². The number of hydrogen-bond donors (Lipinski definition) is 1. The summed E-state index contributed by atoms with van der Waals surface area (Å²) in [6.45, 7) is 5.44. The molecule has 0 amide bonds. The minimum Gasteiger partial charge on any atom is -0.299 e. The SMILES string of the molecule is Cc1ccccc1C1=CCN(CCSc2nc[nH]n2)CC1. The van der Waals surface area contributed by atoms with E-state index in [1.165, 1.54) is 16.7 Å². The molecule has 21 heavy (non-hydrogen) atoms. The summed E-state index contributed by atoms with van der Waals surface area (Å²) in [5.74, 6) is 1.03. The molecule has 1 aliphatic heterocycles. The fourth-order valence-electron chi connectivity index (χ4n) is 2.62. The van der Waals surface area contributed by atoms with Gasteiger partial charge in [-0.2, -0.15) is 0 Å². The summed E-state index contributed by atoms with van der Waals surface area (Å²) in [4.78, 5) is 6.61. The average molecular weight is 300 g/mol. The van der Waals surface area contributed by atoms with Crippen molar-refractivity contribution in [3.05, 3.63) is 47.8 Å². The van der Waals surface area contributed by atoms with Crippen LogP contribution in [0.3, 0.4) is 0 Å². The first-order valence-corrected chi connectivity index (χ1v) is 8.27. The van der Waals surface area contributed by atoms with Gasteiger partial charge in [-0.1, -0.05) is 42.1 Å². The van der Waals surface area contributed by atoms with Crippen LogP contribution in [0.5, 0.6) is 0 Å². The average Bonchev–Trinajstić information content (AvgIpc) is 3.02. The Hall–Kier alpha value is -1.59. The summed E-state index contributed by atoms with van der Waals surface area (Å²) in [6, 6.07) is 8.66. The van der Waals surface area contributed by atoms with Gasteiger partial charge < -0.3 is 0 Å². The van der Waals surface area contributed by atoms with Crippen molar-refractivity contribution in [3.8, 4) is 0 Å². The standard InChI is InChI=1S/C16H20N4S/c1-13-4-2-3-5-15(13)14-6-8-20(9-7-14)10-11-21-16-17-12-18-19-16/h2-6,12H,7-11H2,1H3,(H,17,18,19). The Bertz CT molecular complexity index is 606. The number of nitrogens with one attached hydrogen (secondary N) is 1. The molecule has 1 N–H and O–H groups in total. The molecule has 0 saturated heterocycles. The number of benzene rings is 1. The first-order valence-electron chi connectivity index (χ1n) is 7.29. The smallest absolute Gasteiger partial charge is 0.208 e. The Morgan fingerprint density at radius 3 is 2.95 bits per heavy atom. The van der Waals surface area contributed by atoms with Gasteiger partial charge in [0, 0.05) is 25.4 Å². The molecular formula is C16H20N4S. The minimum atomic E-state index is 0.836. The Kier molecular flexibility index (Phi) is 4.72. The number of aromatic nitrogens is 3. The van der Waals surface area contributed by atoms with Crippen LogP contribution >= 0.6 is 11.8 Å². The molecule has 5 heteroatoms. The summed E-state index contributed by atoms with van der Waals surface area (Å²) >= 11 is 1.70. The molecule has 1 aliphatic rings. The molecule has 4 nitrogen and oxygen atoms in total. The summed E-state index contributed by atoms with van der Waals surface area (Å²) in [5.41, 5.74) is 4.27. The Morgan fingerprint density at radius 1 is 1.33 bits per heavy atom. The second kappa shape index (κ2) is 6.91. The van der Waals surface area contributed by atoms with Crippen molar-refractivity contribution in [1.82, 2.24) is 20.1 Å². The maximum Gasteiger partial charge on any atom is 0.208 e. The number of hydrogen-bond acceptors (Lipinski definition) is 4. The van der Waals surface area contributed by atoms with Crippen molar-refractivity contribution in [3.63, 3.8) is 0 Å². The number of rotatable bonds is 5. The summed E-state index contributed by atoms with van der Waals surface area (Å²) in [6.07, 6.45) is 5.14. The highest BCUT2D eigenvalue weighted by molar-refractivity contribution is 7.99. The zero-order chi connectivity index (χ0) is 14.5. The lowest BCUT2D eigenvalue weighted by Crippen LogP contribution is -2.30. The summed E-state index contributed by atoms with van der Waals surface area (Å²) in [5, 5.41) is 7.64. The largest absolute Gasteiger partial charge is 0.299 e. The van der Waals surface area contributed by atoms with Gasteiger partial charge in [0.1, 0.15) is 6.33 Å². The normalized spacial score (nSPS) is 16.0. The molecule has 3 rings (SSSR count). The lowest BCUT2D eigenvalue weighted by atomic mass is 9.96. The van der Waals surface area contributed by atoms with Crippen LogP contribution in [0, 0.1) is 6.92 Å². The molecule has 0 fully saturated rings. The van der Waals surface area contributed by atoms with E-state index in [1.54, 1.807) is 18.1 Å². The number of aryl methyl sites for hydroxylation is 1. The van der Waals surface area contributed by atoms with Gasteiger partial charge in [-0.15, -0.1) is 5.10 Å². The number of aromatic amines is 1. The van der Waals surface area contributed by atoms with E-state index in [9.17, 15) is 0 Å². The van der Waals surface area contributed by atoms with E-state index in [1.807, 2.05) is 0 Å². The predicted octanol–water partition coefficient (Wildman–Crippen LogP) is 2.99. The number of thioether (sulfide) groups is 1. The first-order chi connectivity index (χ1) is 10.3. The Balaban J connectivity index is 1.51. The maximum atomic E-state index is 4.13. The molecule has 0 spiro atoms. The monoisotopic (exact) mass is 300 g/mol. The highest BCUT2D eigenvalue weighted by Crippen LogP contribution is 2.25. The third kappa shape index (κ3) is 3.74. The summed E-state index contributed by atoms with van der Waals surface area (Å²) < 4.78 is 0. The van der Waals surface area contributed by atoms with Crippen LogP contribution in [0.2, 0.25) is 0 Å². The van der Waals surface area contributed by atoms with Crippen LogP contribution in [-0.4, -0.2) is 45.5 Å². The molecule has 0 radical (unpaired) electrons. The van der Waals surface area contributed by atoms with Gasteiger partial charge in [0.25, 0.3) is 0 Å². The van der Waals surface area contributed by atoms with Gasteiger partial charge >= 0.3 is 0 Å². The lowest BCUT2D eigenvalue weighted by Gasteiger charge is -2.26. The van der Waals surface area contributed by atoms with Gasteiger partial charge in [0.2, 0.25) is 5.16 Å². The van der Waals surface area contributed by atoms with E-state index in [0.717, 1.165) is 37.0 Å². The topological polar surface area (TPSA) is 44.8 Å². The zero-order valence-electron chi connectivity index (χ0n) is 12.2. The van der Waals surface area contributed by atoms with Crippen molar-refractivity contribution in [1.29, 1.82) is 0 Å². The van der Waals surface area contributed by atoms with E-state index in [-0.39, 0.29) is 0 Å². The molecule has 1 aromatic heterocycles. The van der Waals surface area contributed by atoms with Crippen LogP contribution < -0.4 is 0 Å². The molecular weight excluding hydrogens is 280 g/mol. The van der Waals surface area contributed by atoms with E-state index < -0.39 is 0 Å². The molecule has 0 unspecified atom stereocenters. The van der Waals surface area contributed by atoms with Crippen LogP contribution in [0.1, 0.15) is 17.5 Å². The van der Waals surface area contributed by atoms with Gasteiger partial charge in [0.05, 0.1) is 0 Å². The van der Waals surface area contributed by atoms with E-state index in [2.05, 4.69) is 57.3 Å². The van der Waals surface area contributed by atoms with Gasteiger partial charge in [-0.25, -0.2) is 4.98 Å². The quantitative estimate of drug-likeness (QED) is 0.862. The molecule has 1 aromatic carbocycles. The molecule has 2 heterocycles. The molecule has 110 valence electrons. The Labute approximate surface area is 129 Å². The molecule has 0 atom stereocenters. The second-order valence-electron chi connectivity index (χ2n) is 5.23. The zero-order valence-corrected chi connectivity index (χ0v) is 13.1. The van der Waals surface area contributed by atoms with Gasteiger partial charge in [-0.3, -0.25) is 10.00 Å². The van der Waals surface area contributed by atoms with Crippen LogP contribution in [0.4, 0.5) is 0 Å². The molecule has 0 aliphatic carbocycles. The minimum absolute atomic E-state index is 0.836. The highest BCUT2D eigenvalue weighted by atomic mass is 32.2. The number of H-pyrrole nitrogens is 1. The first kappa shape index (κ1) is 14.4. The van der Waals surface area contributed by atoms with Crippen molar-refractivity contribution < 1.29 is 0 Å².